The largest absolute Gasteiger partial charge is 0.372 e. The molecule has 0 saturated carbocycles. The molecule has 0 spiro atoms. The first-order chi connectivity index (χ1) is 7.15. The summed E-state index contributed by atoms with van der Waals surface area (Å²) in [6.45, 7) is 1.04. The van der Waals surface area contributed by atoms with Gasteiger partial charge in [-0.3, -0.25) is 0 Å². The molecule has 0 unspecified atom stereocenters. The number of rotatable bonds is 5. The van der Waals surface area contributed by atoms with E-state index in [1.54, 1.807) is 18.1 Å². The van der Waals surface area contributed by atoms with E-state index in [1.165, 1.54) is 0 Å². The average molecular weight is 291 g/mol. The maximum Gasteiger partial charge on any atom is 0.144 e. The summed E-state index contributed by atoms with van der Waals surface area (Å²) in [6.07, 6.45) is 1.58. The highest BCUT2D eigenvalue weighted by Gasteiger charge is 2.07. The normalized spacial score (nSPS) is 10.7. The molecule has 0 aromatic carbocycles. The molecule has 0 bridgehead atoms. The fraction of sp³-hybridized carbons (Fsp3) is 0.556. The van der Waals surface area contributed by atoms with E-state index in [-0.39, 0.29) is 0 Å². The van der Waals surface area contributed by atoms with Crippen molar-refractivity contribution in [3.63, 3.8) is 0 Å². The number of halogens is 1. The number of aromatic nitrogens is 2. The molecule has 0 fully saturated rings. The van der Waals surface area contributed by atoms with Gasteiger partial charge in [-0.25, -0.2) is 9.97 Å². The van der Waals surface area contributed by atoms with Gasteiger partial charge in [0, 0.05) is 19.3 Å². The first-order valence-corrected chi connectivity index (χ1v) is 6.38. The Labute approximate surface area is 103 Å². The van der Waals surface area contributed by atoms with Gasteiger partial charge in [0.1, 0.15) is 17.2 Å². The minimum atomic E-state index is 0.831. The monoisotopic (exact) mass is 290 g/mol. The van der Waals surface area contributed by atoms with Gasteiger partial charge in [-0.2, -0.15) is 0 Å². The summed E-state index contributed by atoms with van der Waals surface area (Å²) >= 11 is 5.21. The Morgan fingerprint density at radius 3 is 2.80 bits per heavy atom. The van der Waals surface area contributed by atoms with E-state index in [2.05, 4.69) is 50.2 Å². The van der Waals surface area contributed by atoms with Gasteiger partial charge >= 0.3 is 0 Å². The van der Waals surface area contributed by atoms with Crippen LogP contribution in [0.2, 0.25) is 0 Å². The van der Waals surface area contributed by atoms with Crippen molar-refractivity contribution in [2.24, 2.45) is 0 Å². The second-order valence-corrected chi connectivity index (χ2v) is 5.12. The zero-order valence-electron chi connectivity index (χ0n) is 9.12. The van der Waals surface area contributed by atoms with Crippen LogP contribution in [0.15, 0.2) is 15.8 Å². The van der Waals surface area contributed by atoms with Crippen LogP contribution in [-0.2, 0) is 0 Å². The van der Waals surface area contributed by atoms with Gasteiger partial charge in [-0.1, -0.05) is 0 Å². The number of thioether (sulfide) groups is 1. The lowest BCUT2D eigenvalue weighted by atomic mass is 10.6. The molecule has 1 aromatic heterocycles. The third kappa shape index (κ3) is 3.96. The predicted molar refractivity (Wildman–Crippen MR) is 68.6 cm³/mol. The predicted octanol–water partition coefficient (Wildman–Crippen LogP) is 1.93. The molecule has 15 heavy (non-hydrogen) atoms. The smallest absolute Gasteiger partial charge is 0.144 e. The van der Waals surface area contributed by atoms with Crippen LogP contribution < -0.4 is 5.32 Å². The lowest BCUT2D eigenvalue weighted by molar-refractivity contribution is 0.437. The molecule has 0 atom stereocenters. The lowest BCUT2D eigenvalue weighted by Crippen LogP contribution is -2.14. The molecule has 0 aliphatic rings. The third-order valence-corrected chi connectivity index (χ3v) is 3.75. The fourth-order valence-corrected chi connectivity index (χ4v) is 2.69. The minimum Gasteiger partial charge on any atom is -0.372 e. The van der Waals surface area contributed by atoms with Gasteiger partial charge in [0.05, 0.1) is 4.47 Å². The van der Waals surface area contributed by atoms with Crippen LogP contribution in [-0.4, -0.2) is 48.3 Å². The van der Waals surface area contributed by atoms with Gasteiger partial charge in [0.2, 0.25) is 0 Å². The molecule has 1 rings (SSSR count). The molecule has 4 nitrogen and oxygen atoms in total. The molecular formula is C9H15BrN4S. The van der Waals surface area contributed by atoms with Crippen molar-refractivity contribution < 1.29 is 0 Å². The highest BCUT2D eigenvalue weighted by molar-refractivity contribution is 9.10. The Morgan fingerprint density at radius 1 is 1.47 bits per heavy atom. The van der Waals surface area contributed by atoms with Crippen molar-refractivity contribution in [2.45, 2.75) is 5.03 Å². The Morgan fingerprint density at radius 2 is 2.20 bits per heavy atom. The van der Waals surface area contributed by atoms with Crippen molar-refractivity contribution in [1.82, 2.24) is 14.9 Å². The van der Waals surface area contributed by atoms with E-state index >= 15 is 0 Å². The van der Waals surface area contributed by atoms with Crippen molar-refractivity contribution in [3.8, 4) is 0 Å². The molecule has 6 heteroatoms. The zero-order valence-corrected chi connectivity index (χ0v) is 11.5. The Bertz CT molecular complexity index is 319. The summed E-state index contributed by atoms with van der Waals surface area (Å²) in [7, 11) is 5.98. The average Bonchev–Trinajstić information content (AvgIpc) is 2.20. The van der Waals surface area contributed by atoms with Gasteiger partial charge in [-0.05, 0) is 30.0 Å². The summed E-state index contributed by atoms with van der Waals surface area (Å²) in [6, 6.07) is 0. The first-order valence-electron chi connectivity index (χ1n) is 4.61. The minimum absolute atomic E-state index is 0.831. The SMILES string of the molecule is CNc1ncnc(SCCN(C)C)c1Br. The molecule has 0 aliphatic carbocycles. The highest BCUT2D eigenvalue weighted by Crippen LogP contribution is 2.29. The molecule has 0 radical (unpaired) electrons. The van der Waals surface area contributed by atoms with Crippen LogP contribution in [0.25, 0.3) is 0 Å². The quantitative estimate of drug-likeness (QED) is 0.663. The van der Waals surface area contributed by atoms with E-state index in [4.69, 9.17) is 0 Å². The van der Waals surface area contributed by atoms with Crippen LogP contribution in [0.3, 0.4) is 0 Å². The van der Waals surface area contributed by atoms with Gasteiger partial charge in [0.25, 0.3) is 0 Å². The second-order valence-electron chi connectivity index (χ2n) is 3.24. The van der Waals surface area contributed by atoms with E-state index in [0.717, 1.165) is 27.6 Å². The Kier molecular flexibility index (Phi) is 5.35. The standard InChI is InChI=1S/C9H15BrN4S/c1-11-8-7(10)9(13-6-12-8)15-5-4-14(2)3/h6H,4-5H2,1-3H3,(H,11,12,13). The molecule has 1 heterocycles. The van der Waals surface area contributed by atoms with E-state index in [1.807, 2.05) is 7.05 Å². The van der Waals surface area contributed by atoms with E-state index < -0.39 is 0 Å². The maximum atomic E-state index is 4.23. The Hall–Kier alpha value is -0.330. The van der Waals surface area contributed by atoms with E-state index in [9.17, 15) is 0 Å². The van der Waals surface area contributed by atoms with Crippen molar-refractivity contribution in [3.05, 3.63) is 10.8 Å². The Balaban J connectivity index is 2.61. The third-order valence-electron chi connectivity index (χ3n) is 1.77. The van der Waals surface area contributed by atoms with Crippen molar-refractivity contribution in [1.29, 1.82) is 0 Å². The summed E-state index contributed by atoms with van der Waals surface area (Å²) < 4.78 is 0.941. The number of hydrogen-bond acceptors (Lipinski definition) is 5. The molecular weight excluding hydrogens is 276 g/mol. The molecule has 84 valence electrons. The summed E-state index contributed by atoms with van der Waals surface area (Å²) in [5, 5.41) is 4.00. The van der Waals surface area contributed by atoms with Crippen LogP contribution in [0, 0.1) is 0 Å². The lowest BCUT2D eigenvalue weighted by Gasteiger charge is -2.10. The number of nitrogens with one attached hydrogen (secondary N) is 1. The summed E-state index contributed by atoms with van der Waals surface area (Å²) in [4.78, 5) is 10.5. The summed E-state index contributed by atoms with van der Waals surface area (Å²) in [5.41, 5.74) is 0. The molecule has 1 aromatic rings. The summed E-state index contributed by atoms with van der Waals surface area (Å²) in [5.74, 6) is 1.85. The number of nitrogens with zero attached hydrogens (tertiary/aromatic N) is 3. The number of anilines is 1. The van der Waals surface area contributed by atoms with Crippen LogP contribution in [0.4, 0.5) is 5.82 Å². The van der Waals surface area contributed by atoms with Crippen LogP contribution in [0.5, 0.6) is 0 Å². The molecule has 1 N–H and O–H groups in total. The van der Waals surface area contributed by atoms with Gasteiger partial charge in [0.15, 0.2) is 0 Å². The van der Waals surface area contributed by atoms with Crippen molar-refractivity contribution >= 4 is 33.5 Å². The molecule has 0 amide bonds. The maximum absolute atomic E-state index is 4.23. The van der Waals surface area contributed by atoms with Gasteiger partial charge < -0.3 is 10.2 Å². The molecule has 0 saturated heterocycles. The van der Waals surface area contributed by atoms with Gasteiger partial charge in [-0.15, -0.1) is 11.8 Å². The topological polar surface area (TPSA) is 41.1 Å². The number of hydrogen-bond donors (Lipinski definition) is 1. The second kappa shape index (κ2) is 6.30. The van der Waals surface area contributed by atoms with E-state index in [0.29, 0.717) is 0 Å². The van der Waals surface area contributed by atoms with Crippen LogP contribution >= 0.6 is 27.7 Å². The first kappa shape index (κ1) is 12.7. The van der Waals surface area contributed by atoms with Crippen LogP contribution in [0.1, 0.15) is 0 Å². The molecule has 0 aliphatic heterocycles. The highest BCUT2D eigenvalue weighted by atomic mass is 79.9. The fourth-order valence-electron chi connectivity index (χ4n) is 0.953. The van der Waals surface area contributed by atoms with Crippen molar-refractivity contribution in [2.75, 3.05) is 38.8 Å². The zero-order chi connectivity index (χ0) is 11.3.